The zero-order valence-corrected chi connectivity index (χ0v) is 18.2. The number of hydrogen-bond acceptors (Lipinski definition) is 4. The van der Waals surface area contributed by atoms with Gasteiger partial charge in [0, 0.05) is 57.4 Å². The second kappa shape index (κ2) is 7.95. The first-order valence-electron chi connectivity index (χ1n) is 11.8. The number of aromatic nitrogens is 1. The Kier molecular flexibility index (Phi) is 5.30. The van der Waals surface area contributed by atoms with Crippen LogP contribution in [-0.4, -0.2) is 76.8 Å². The van der Waals surface area contributed by atoms with E-state index in [1.165, 1.54) is 19.3 Å². The summed E-state index contributed by atoms with van der Waals surface area (Å²) in [6, 6.07) is 4.60. The van der Waals surface area contributed by atoms with Crippen molar-refractivity contribution >= 4 is 11.8 Å². The van der Waals surface area contributed by atoms with E-state index in [1.807, 2.05) is 24.0 Å². The van der Waals surface area contributed by atoms with E-state index in [0.29, 0.717) is 11.6 Å². The molecule has 1 aromatic heterocycles. The molecule has 6 nitrogen and oxygen atoms in total. The van der Waals surface area contributed by atoms with Crippen LogP contribution in [0, 0.1) is 18.3 Å². The lowest BCUT2D eigenvalue weighted by molar-refractivity contribution is -0.148. The van der Waals surface area contributed by atoms with Gasteiger partial charge in [0.05, 0.1) is 0 Å². The van der Waals surface area contributed by atoms with Crippen LogP contribution in [0.5, 0.6) is 0 Å². The standard InChI is InChI=1S/C24H34N4O2/c1-18-4-3-9-25-21(18)23(30)27-10-7-24(8-11-27)16-19(17-24)22(29)28-14-12-26(13-15-28)20-5-2-6-20/h3-4,9,19-20H,2,5-8,10-17H2,1H3. The lowest BCUT2D eigenvalue weighted by Crippen LogP contribution is -2.57. The molecule has 4 aliphatic rings. The van der Waals surface area contributed by atoms with E-state index in [4.69, 9.17) is 0 Å². The number of hydrogen-bond donors (Lipinski definition) is 0. The maximum absolute atomic E-state index is 13.0. The molecule has 2 saturated heterocycles. The third-order valence-corrected chi connectivity index (χ3v) is 8.25. The maximum atomic E-state index is 13.0. The molecule has 0 bridgehead atoms. The van der Waals surface area contributed by atoms with Crippen molar-refractivity contribution < 1.29 is 9.59 Å². The van der Waals surface area contributed by atoms with Gasteiger partial charge >= 0.3 is 0 Å². The van der Waals surface area contributed by atoms with Crippen molar-refractivity contribution in [1.82, 2.24) is 19.7 Å². The van der Waals surface area contributed by atoms with E-state index >= 15 is 0 Å². The van der Waals surface area contributed by atoms with Gasteiger partial charge < -0.3 is 9.80 Å². The Hall–Kier alpha value is -1.95. The Labute approximate surface area is 179 Å². The minimum atomic E-state index is 0.0548. The van der Waals surface area contributed by atoms with E-state index < -0.39 is 0 Å². The SMILES string of the molecule is Cc1cccnc1C(=O)N1CCC2(CC1)CC(C(=O)N1CCN(C3CCC3)CC1)C2. The van der Waals surface area contributed by atoms with Crippen molar-refractivity contribution in [2.24, 2.45) is 11.3 Å². The lowest BCUT2D eigenvalue weighted by Gasteiger charge is -2.53. The van der Waals surface area contributed by atoms with Crippen LogP contribution in [0.3, 0.4) is 0 Å². The van der Waals surface area contributed by atoms with Crippen molar-refractivity contribution in [3.8, 4) is 0 Å². The van der Waals surface area contributed by atoms with Crippen LogP contribution in [0.4, 0.5) is 0 Å². The highest BCUT2D eigenvalue weighted by Gasteiger charge is 2.50. The highest BCUT2D eigenvalue weighted by atomic mass is 16.2. The number of aryl methyl sites for hydroxylation is 1. The molecule has 4 fully saturated rings. The average Bonchev–Trinajstić information content (AvgIpc) is 2.71. The van der Waals surface area contributed by atoms with Gasteiger partial charge in [0.25, 0.3) is 5.91 Å². The molecule has 0 atom stereocenters. The van der Waals surface area contributed by atoms with Crippen molar-refractivity contribution in [1.29, 1.82) is 0 Å². The molecule has 30 heavy (non-hydrogen) atoms. The van der Waals surface area contributed by atoms with Gasteiger partial charge in [0.2, 0.25) is 5.91 Å². The lowest BCUT2D eigenvalue weighted by atomic mass is 9.57. The van der Waals surface area contributed by atoms with Crippen molar-refractivity contribution in [2.75, 3.05) is 39.3 Å². The van der Waals surface area contributed by atoms with E-state index in [2.05, 4.69) is 14.8 Å². The van der Waals surface area contributed by atoms with Gasteiger partial charge in [-0.3, -0.25) is 19.5 Å². The minimum absolute atomic E-state index is 0.0548. The Morgan fingerprint density at radius 3 is 2.30 bits per heavy atom. The molecule has 2 saturated carbocycles. The predicted octanol–water partition coefficient (Wildman–Crippen LogP) is 2.72. The summed E-state index contributed by atoms with van der Waals surface area (Å²) in [5.74, 6) is 0.649. The number of piperazine rings is 1. The zero-order chi connectivity index (χ0) is 20.7. The van der Waals surface area contributed by atoms with E-state index in [-0.39, 0.29) is 17.2 Å². The molecular weight excluding hydrogens is 376 g/mol. The van der Waals surface area contributed by atoms with Gasteiger partial charge in [-0.2, -0.15) is 0 Å². The molecular formula is C24H34N4O2. The number of amides is 2. The van der Waals surface area contributed by atoms with Crippen LogP contribution < -0.4 is 0 Å². The molecule has 162 valence electrons. The van der Waals surface area contributed by atoms with E-state index in [9.17, 15) is 9.59 Å². The summed E-state index contributed by atoms with van der Waals surface area (Å²) >= 11 is 0. The molecule has 5 rings (SSSR count). The van der Waals surface area contributed by atoms with Crippen LogP contribution in [0.2, 0.25) is 0 Å². The first-order valence-corrected chi connectivity index (χ1v) is 11.8. The molecule has 2 aliphatic carbocycles. The molecule has 0 radical (unpaired) electrons. The Bertz CT molecular complexity index is 797. The van der Waals surface area contributed by atoms with Crippen LogP contribution >= 0.6 is 0 Å². The summed E-state index contributed by atoms with van der Waals surface area (Å²) in [6.07, 6.45) is 9.82. The van der Waals surface area contributed by atoms with Gasteiger partial charge in [-0.15, -0.1) is 0 Å². The fourth-order valence-corrected chi connectivity index (χ4v) is 5.93. The molecule has 1 aromatic rings. The molecule has 0 N–H and O–H groups in total. The van der Waals surface area contributed by atoms with Crippen LogP contribution in [0.25, 0.3) is 0 Å². The van der Waals surface area contributed by atoms with Crippen molar-refractivity contribution in [3.63, 3.8) is 0 Å². The summed E-state index contributed by atoms with van der Waals surface area (Å²) < 4.78 is 0. The summed E-state index contributed by atoms with van der Waals surface area (Å²) in [6.45, 7) is 7.44. The van der Waals surface area contributed by atoms with E-state index in [1.54, 1.807) is 6.20 Å². The largest absolute Gasteiger partial charge is 0.340 e. The Balaban J connectivity index is 1.09. The number of carbonyl (C=O) groups is 2. The second-order valence-electron chi connectivity index (χ2n) is 10.0. The summed E-state index contributed by atoms with van der Waals surface area (Å²) in [7, 11) is 0. The molecule has 1 spiro atoms. The van der Waals surface area contributed by atoms with Gasteiger partial charge in [0.1, 0.15) is 5.69 Å². The third-order valence-electron chi connectivity index (χ3n) is 8.25. The molecule has 0 aromatic carbocycles. The van der Waals surface area contributed by atoms with Crippen molar-refractivity contribution in [3.05, 3.63) is 29.6 Å². The number of nitrogens with zero attached hydrogens (tertiary/aromatic N) is 4. The predicted molar refractivity (Wildman–Crippen MR) is 115 cm³/mol. The Morgan fingerprint density at radius 1 is 1.00 bits per heavy atom. The van der Waals surface area contributed by atoms with Crippen LogP contribution in [0.15, 0.2) is 18.3 Å². The number of likely N-dealkylation sites (tertiary alicyclic amines) is 1. The number of pyridine rings is 1. The van der Waals surface area contributed by atoms with Gasteiger partial charge in [-0.1, -0.05) is 12.5 Å². The van der Waals surface area contributed by atoms with E-state index in [0.717, 1.165) is 76.6 Å². The summed E-state index contributed by atoms with van der Waals surface area (Å²) in [4.78, 5) is 36.8. The molecule has 2 amide bonds. The molecule has 6 heteroatoms. The van der Waals surface area contributed by atoms with Crippen LogP contribution in [-0.2, 0) is 4.79 Å². The number of piperidine rings is 1. The third kappa shape index (κ3) is 3.64. The first kappa shape index (κ1) is 20.0. The topological polar surface area (TPSA) is 56.8 Å². The fourth-order valence-electron chi connectivity index (χ4n) is 5.93. The Morgan fingerprint density at radius 2 is 1.70 bits per heavy atom. The summed E-state index contributed by atoms with van der Waals surface area (Å²) in [5.41, 5.74) is 1.80. The zero-order valence-electron chi connectivity index (χ0n) is 18.2. The normalized spacial score (nSPS) is 25.1. The minimum Gasteiger partial charge on any atom is -0.340 e. The second-order valence-corrected chi connectivity index (χ2v) is 10.0. The molecule has 3 heterocycles. The smallest absolute Gasteiger partial charge is 0.272 e. The monoisotopic (exact) mass is 410 g/mol. The highest BCUT2D eigenvalue weighted by molar-refractivity contribution is 5.93. The summed E-state index contributed by atoms with van der Waals surface area (Å²) in [5, 5.41) is 0. The van der Waals surface area contributed by atoms with Crippen LogP contribution in [0.1, 0.15) is 61.0 Å². The maximum Gasteiger partial charge on any atom is 0.272 e. The molecule has 0 unspecified atom stereocenters. The van der Waals surface area contributed by atoms with Gasteiger partial charge in [-0.05, 0) is 62.5 Å². The quantitative estimate of drug-likeness (QED) is 0.769. The van der Waals surface area contributed by atoms with Gasteiger partial charge in [-0.25, -0.2) is 0 Å². The average molecular weight is 411 g/mol. The van der Waals surface area contributed by atoms with Crippen molar-refractivity contribution in [2.45, 2.75) is 57.9 Å². The number of rotatable bonds is 3. The van der Waals surface area contributed by atoms with Gasteiger partial charge in [0.15, 0.2) is 0 Å². The highest BCUT2D eigenvalue weighted by Crippen LogP contribution is 2.53. The fraction of sp³-hybridized carbons (Fsp3) is 0.708. The molecule has 2 aliphatic heterocycles. The first-order chi connectivity index (χ1) is 14.5. The number of carbonyl (C=O) groups excluding carboxylic acids is 2.